The van der Waals surface area contributed by atoms with Gasteiger partial charge in [-0.1, -0.05) is 0 Å². The second-order valence-electron chi connectivity index (χ2n) is 3.06. The van der Waals surface area contributed by atoms with Gasteiger partial charge in [0.15, 0.2) is 0 Å². The molecule has 0 aromatic rings. The molecule has 1 heterocycles. The van der Waals surface area contributed by atoms with Gasteiger partial charge in [0.05, 0.1) is 0 Å². The number of piperidine rings is 1. The summed E-state index contributed by atoms with van der Waals surface area (Å²) in [6.45, 7) is 4.52. The molecular weight excluding hydrogens is 261 g/mol. The first kappa shape index (κ1) is 10.3. The van der Waals surface area contributed by atoms with Gasteiger partial charge >= 0.3 is 86.8 Å². The molecule has 1 aliphatic heterocycles. The molecule has 0 N–H and O–H groups in total. The second kappa shape index (κ2) is 5.07. The second-order valence-corrected chi connectivity index (χ2v) is 5.15. The Kier molecular flexibility index (Phi) is 4.35. The van der Waals surface area contributed by atoms with Crippen molar-refractivity contribution < 1.29 is 9.53 Å². The molecule has 0 aliphatic carbocycles. The van der Waals surface area contributed by atoms with Crippen LogP contribution in [0.1, 0.15) is 19.8 Å². The third-order valence-corrected chi connectivity index (χ3v) is 3.62. The summed E-state index contributed by atoms with van der Waals surface area (Å²) >= 11 is 1.18. The Labute approximate surface area is 86.9 Å². The van der Waals surface area contributed by atoms with Crippen LogP contribution in [0.5, 0.6) is 0 Å². The van der Waals surface area contributed by atoms with Crippen LogP contribution in [0.25, 0.3) is 0 Å². The van der Waals surface area contributed by atoms with Crippen molar-refractivity contribution in [3.63, 3.8) is 0 Å². The molecule has 0 atom stereocenters. The van der Waals surface area contributed by atoms with Crippen LogP contribution in [0.2, 0.25) is 0 Å². The standard InChI is InChI=1S/C8H14NO2.Sn.H/c1-2-11-8(10)7-3-5-9-6-4-7;;/h7H,2-6H2,1H3;;/q-1;+1;. The van der Waals surface area contributed by atoms with Crippen molar-refractivity contribution >= 4 is 28.8 Å². The molecule has 4 heteroatoms. The molecule has 2 radical (unpaired) electrons. The zero-order valence-corrected chi connectivity index (χ0v) is 10.7. The molecule has 0 amide bonds. The maximum atomic E-state index is 11.3. The third kappa shape index (κ3) is 2.93. The number of hydrogen-bond acceptors (Lipinski definition) is 3. The summed E-state index contributed by atoms with van der Waals surface area (Å²) in [5.74, 6) is 0.180. The van der Waals surface area contributed by atoms with Crippen molar-refractivity contribution in [1.29, 1.82) is 0 Å². The van der Waals surface area contributed by atoms with E-state index in [1.807, 2.05) is 6.92 Å². The average Bonchev–Trinajstić information content (AvgIpc) is 2.06. The molecule has 0 aromatic carbocycles. The van der Waals surface area contributed by atoms with Crippen molar-refractivity contribution in [2.24, 2.45) is 5.92 Å². The van der Waals surface area contributed by atoms with Crippen molar-refractivity contribution in [1.82, 2.24) is 3.12 Å². The Morgan fingerprint density at radius 3 is 2.67 bits per heavy atom. The number of nitrogens with zero attached hydrogens (tertiary/aromatic N) is 1. The van der Waals surface area contributed by atoms with E-state index in [0.29, 0.717) is 6.61 Å². The SMILES string of the molecule is CCOC(=O)C1CC[N]([SnH])CC1. The summed E-state index contributed by atoms with van der Waals surface area (Å²) in [5.41, 5.74) is 0. The summed E-state index contributed by atoms with van der Waals surface area (Å²) < 4.78 is 7.35. The van der Waals surface area contributed by atoms with Crippen LogP contribution in [0, 0.1) is 5.92 Å². The van der Waals surface area contributed by atoms with E-state index in [0.717, 1.165) is 25.9 Å². The molecular formula is C8H15NO2Sn. The van der Waals surface area contributed by atoms with Crippen LogP contribution in [-0.2, 0) is 9.53 Å². The van der Waals surface area contributed by atoms with E-state index < -0.39 is 0 Å². The Balaban J connectivity index is 2.29. The van der Waals surface area contributed by atoms with E-state index in [-0.39, 0.29) is 11.9 Å². The molecule has 68 valence electrons. The van der Waals surface area contributed by atoms with E-state index in [9.17, 15) is 4.79 Å². The summed E-state index contributed by atoms with van der Waals surface area (Å²) in [6.07, 6.45) is 1.97. The summed E-state index contributed by atoms with van der Waals surface area (Å²) in [5, 5.41) is 0. The third-order valence-electron chi connectivity index (χ3n) is 2.15. The fourth-order valence-corrected chi connectivity index (χ4v) is 2.25. The normalized spacial score (nSPS) is 20.8. The van der Waals surface area contributed by atoms with Gasteiger partial charge in [-0.3, -0.25) is 0 Å². The zero-order chi connectivity index (χ0) is 8.97. The van der Waals surface area contributed by atoms with Gasteiger partial charge in [0.25, 0.3) is 0 Å². The molecule has 0 bridgehead atoms. The van der Waals surface area contributed by atoms with Crippen LogP contribution in [0.4, 0.5) is 0 Å². The predicted molar refractivity (Wildman–Crippen MR) is 48.1 cm³/mol. The number of carbonyl (C=O) groups excluding carboxylic acids is 1. The topological polar surface area (TPSA) is 29.5 Å². The molecule has 0 saturated carbocycles. The summed E-state index contributed by atoms with van der Waals surface area (Å²) in [6, 6.07) is 0. The zero-order valence-electron chi connectivity index (χ0n) is 7.45. The quantitative estimate of drug-likeness (QED) is 0.528. The van der Waals surface area contributed by atoms with Gasteiger partial charge in [-0.05, 0) is 0 Å². The molecule has 0 aromatic heterocycles. The van der Waals surface area contributed by atoms with Gasteiger partial charge in [0.1, 0.15) is 0 Å². The molecule has 1 rings (SSSR count). The van der Waals surface area contributed by atoms with Crippen LogP contribution >= 0.6 is 0 Å². The number of carbonyl (C=O) groups is 1. The van der Waals surface area contributed by atoms with Crippen LogP contribution < -0.4 is 0 Å². The number of esters is 1. The average molecular weight is 276 g/mol. The molecule has 3 nitrogen and oxygen atoms in total. The van der Waals surface area contributed by atoms with E-state index >= 15 is 0 Å². The Bertz CT molecular complexity index is 155. The minimum absolute atomic E-state index is 0.00574. The molecule has 12 heavy (non-hydrogen) atoms. The fraction of sp³-hybridized carbons (Fsp3) is 0.875. The summed E-state index contributed by atoms with van der Waals surface area (Å²) in [4.78, 5) is 11.3. The van der Waals surface area contributed by atoms with Gasteiger partial charge in [0.2, 0.25) is 0 Å². The number of ether oxygens (including phenoxy) is 1. The number of hydrogen-bond donors (Lipinski definition) is 0. The molecule has 1 saturated heterocycles. The van der Waals surface area contributed by atoms with Gasteiger partial charge in [0, 0.05) is 0 Å². The Morgan fingerprint density at radius 2 is 2.17 bits per heavy atom. The van der Waals surface area contributed by atoms with Gasteiger partial charge in [-0.25, -0.2) is 0 Å². The molecule has 1 fully saturated rings. The van der Waals surface area contributed by atoms with E-state index in [4.69, 9.17) is 4.74 Å². The predicted octanol–water partition coefficient (Wildman–Crippen LogP) is 0.0773. The van der Waals surface area contributed by atoms with Crippen molar-refractivity contribution in [3.8, 4) is 0 Å². The molecule has 0 unspecified atom stereocenters. The monoisotopic (exact) mass is 277 g/mol. The van der Waals surface area contributed by atoms with E-state index in [1.165, 1.54) is 22.8 Å². The van der Waals surface area contributed by atoms with E-state index in [1.54, 1.807) is 0 Å². The Hall–Kier alpha value is 0.229. The van der Waals surface area contributed by atoms with E-state index in [2.05, 4.69) is 3.12 Å². The van der Waals surface area contributed by atoms with Gasteiger partial charge in [-0.15, -0.1) is 0 Å². The Morgan fingerprint density at radius 1 is 1.58 bits per heavy atom. The first-order valence-corrected chi connectivity index (χ1v) is 5.87. The van der Waals surface area contributed by atoms with Gasteiger partial charge < -0.3 is 0 Å². The van der Waals surface area contributed by atoms with Crippen molar-refractivity contribution in [3.05, 3.63) is 0 Å². The van der Waals surface area contributed by atoms with Crippen LogP contribution in [0.15, 0.2) is 0 Å². The minimum atomic E-state index is 0.00574. The first-order chi connectivity index (χ1) is 5.74. The molecule has 1 aliphatic rings. The van der Waals surface area contributed by atoms with Crippen LogP contribution in [0.3, 0.4) is 0 Å². The van der Waals surface area contributed by atoms with Crippen molar-refractivity contribution in [2.75, 3.05) is 19.7 Å². The summed E-state index contributed by atoms with van der Waals surface area (Å²) in [7, 11) is 0. The van der Waals surface area contributed by atoms with Crippen LogP contribution in [-0.4, -0.2) is 51.6 Å². The number of rotatable bonds is 2. The van der Waals surface area contributed by atoms with Crippen molar-refractivity contribution in [2.45, 2.75) is 19.8 Å². The first-order valence-electron chi connectivity index (χ1n) is 4.40. The fourth-order valence-electron chi connectivity index (χ4n) is 1.40. The van der Waals surface area contributed by atoms with Gasteiger partial charge in [-0.2, -0.15) is 0 Å². The maximum absolute atomic E-state index is 11.3. The molecule has 0 spiro atoms.